The molecule has 2 aromatic carbocycles. The fourth-order valence-corrected chi connectivity index (χ4v) is 2.29. The summed E-state index contributed by atoms with van der Waals surface area (Å²) in [6.45, 7) is 2.06. The Bertz CT molecular complexity index is 744. The van der Waals surface area contributed by atoms with Crippen molar-refractivity contribution in [3.05, 3.63) is 48.0 Å². The molecule has 1 aromatic heterocycles. The number of nitrogen functional groups attached to an aromatic ring is 1. The van der Waals surface area contributed by atoms with Crippen LogP contribution >= 0.6 is 0 Å². The lowest BCUT2D eigenvalue weighted by atomic mass is 10.1. The summed E-state index contributed by atoms with van der Waals surface area (Å²) in [4.78, 5) is 3.40. The van der Waals surface area contributed by atoms with Gasteiger partial charge < -0.3 is 15.5 Å². The van der Waals surface area contributed by atoms with Gasteiger partial charge in [-0.05, 0) is 43.3 Å². The third-order valence-electron chi connectivity index (χ3n) is 3.33. The highest BCUT2D eigenvalue weighted by molar-refractivity contribution is 5.89. The fraction of sp³-hybridized carbons (Fsp3) is 0.125. The van der Waals surface area contributed by atoms with Crippen molar-refractivity contribution in [3.8, 4) is 17.0 Å². The standard InChI is InChI=1S/C16H16N2O/c1-10-3-5-14(17)13(7-10)16-9-11-8-12(19-2)4-6-15(11)18-16/h3-9,18H,17H2,1-2H3. The van der Waals surface area contributed by atoms with Crippen LogP contribution in [0.1, 0.15) is 5.56 Å². The van der Waals surface area contributed by atoms with E-state index in [0.29, 0.717) is 0 Å². The van der Waals surface area contributed by atoms with Gasteiger partial charge >= 0.3 is 0 Å². The lowest BCUT2D eigenvalue weighted by Gasteiger charge is -2.04. The molecule has 0 aliphatic carbocycles. The van der Waals surface area contributed by atoms with Gasteiger partial charge in [0.1, 0.15) is 5.75 Å². The first-order valence-corrected chi connectivity index (χ1v) is 6.20. The number of hydrogen-bond acceptors (Lipinski definition) is 2. The van der Waals surface area contributed by atoms with E-state index in [1.54, 1.807) is 7.11 Å². The molecule has 96 valence electrons. The lowest BCUT2D eigenvalue weighted by molar-refractivity contribution is 0.415. The minimum atomic E-state index is 0.782. The van der Waals surface area contributed by atoms with Crippen molar-refractivity contribution in [1.29, 1.82) is 0 Å². The highest BCUT2D eigenvalue weighted by Crippen LogP contribution is 2.30. The maximum Gasteiger partial charge on any atom is 0.119 e. The van der Waals surface area contributed by atoms with Crippen LogP contribution in [0.3, 0.4) is 0 Å². The molecule has 0 amide bonds. The zero-order valence-electron chi connectivity index (χ0n) is 11.0. The smallest absolute Gasteiger partial charge is 0.119 e. The van der Waals surface area contributed by atoms with E-state index < -0.39 is 0 Å². The number of aromatic amines is 1. The van der Waals surface area contributed by atoms with Crippen molar-refractivity contribution < 1.29 is 4.74 Å². The topological polar surface area (TPSA) is 51.0 Å². The SMILES string of the molecule is COc1ccc2[nH]c(-c3cc(C)ccc3N)cc2c1. The Hall–Kier alpha value is -2.42. The van der Waals surface area contributed by atoms with E-state index in [0.717, 1.165) is 33.6 Å². The van der Waals surface area contributed by atoms with Crippen molar-refractivity contribution in [2.75, 3.05) is 12.8 Å². The maximum absolute atomic E-state index is 6.05. The Kier molecular flexibility index (Phi) is 2.67. The number of rotatable bonds is 2. The minimum absolute atomic E-state index is 0.782. The van der Waals surface area contributed by atoms with Crippen LogP contribution in [-0.4, -0.2) is 12.1 Å². The number of benzene rings is 2. The molecule has 3 heteroatoms. The number of hydrogen-bond donors (Lipinski definition) is 2. The van der Waals surface area contributed by atoms with E-state index in [4.69, 9.17) is 10.5 Å². The van der Waals surface area contributed by atoms with E-state index >= 15 is 0 Å². The van der Waals surface area contributed by atoms with E-state index in [-0.39, 0.29) is 0 Å². The van der Waals surface area contributed by atoms with Crippen LogP contribution in [0.4, 0.5) is 5.69 Å². The number of aromatic nitrogens is 1. The highest BCUT2D eigenvalue weighted by atomic mass is 16.5. The molecule has 19 heavy (non-hydrogen) atoms. The lowest BCUT2D eigenvalue weighted by Crippen LogP contribution is -1.90. The summed E-state index contributed by atoms with van der Waals surface area (Å²) in [7, 11) is 1.67. The molecule has 3 aromatic rings. The number of fused-ring (bicyclic) bond motifs is 1. The summed E-state index contributed by atoms with van der Waals surface area (Å²) < 4.78 is 5.24. The van der Waals surface area contributed by atoms with Crippen LogP contribution in [0.5, 0.6) is 5.75 Å². The monoisotopic (exact) mass is 252 g/mol. The number of H-pyrrole nitrogens is 1. The average Bonchev–Trinajstić information content (AvgIpc) is 2.83. The first kappa shape index (κ1) is 11.7. The Balaban J connectivity index is 2.17. The van der Waals surface area contributed by atoms with E-state index in [1.807, 2.05) is 30.3 Å². The molecule has 0 atom stereocenters. The quantitative estimate of drug-likeness (QED) is 0.683. The molecule has 0 radical (unpaired) electrons. The zero-order valence-corrected chi connectivity index (χ0v) is 11.0. The van der Waals surface area contributed by atoms with Crippen molar-refractivity contribution in [3.63, 3.8) is 0 Å². The van der Waals surface area contributed by atoms with Crippen molar-refractivity contribution in [2.24, 2.45) is 0 Å². The Morgan fingerprint density at radius 3 is 2.68 bits per heavy atom. The maximum atomic E-state index is 6.05. The molecule has 0 aliphatic rings. The summed E-state index contributed by atoms with van der Waals surface area (Å²) in [6.07, 6.45) is 0. The van der Waals surface area contributed by atoms with Crippen LogP contribution in [0.15, 0.2) is 42.5 Å². The van der Waals surface area contributed by atoms with Gasteiger partial charge in [0.2, 0.25) is 0 Å². The first-order valence-electron chi connectivity index (χ1n) is 6.20. The van der Waals surface area contributed by atoms with Gasteiger partial charge in [0.05, 0.1) is 7.11 Å². The molecule has 0 unspecified atom stereocenters. The normalized spacial score (nSPS) is 10.8. The molecule has 3 N–H and O–H groups in total. The molecular weight excluding hydrogens is 236 g/mol. The number of anilines is 1. The number of aryl methyl sites for hydroxylation is 1. The van der Waals surface area contributed by atoms with Gasteiger partial charge in [0.25, 0.3) is 0 Å². The van der Waals surface area contributed by atoms with Crippen LogP contribution in [0.2, 0.25) is 0 Å². The van der Waals surface area contributed by atoms with Gasteiger partial charge in [-0.1, -0.05) is 11.6 Å². The first-order chi connectivity index (χ1) is 9.17. The van der Waals surface area contributed by atoms with Gasteiger partial charge in [-0.25, -0.2) is 0 Å². The third-order valence-corrected chi connectivity index (χ3v) is 3.33. The second kappa shape index (κ2) is 4.35. The number of nitrogens with one attached hydrogen (secondary N) is 1. The highest BCUT2D eigenvalue weighted by Gasteiger charge is 2.07. The van der Waals surface area contributed by atoms with E-state index in [2.05, 4.69) is 24.0 Å². The fourth-order valence-electron chi connectivity index (χ4n) is 2.29. The molecule has 3 nitrogen and oxygen atoms in total. The second-order valence-corrected chi connectivity index (χ2v) is 4.73. The predicted octanol–water partition coefficient (Wildman–Crippen LogP) is 3.73. The summed E-state index contributed by atoms with van der Waals surface area (Å²) in [5.41, 5.74) is 11.2. The van der Waals surface area contributed by atoms with Crippen molar-refractivity contribution in [1.82, 2.24) is 4.98 Å². The Labute approximate surface area is 112 Å². The molecule has 0 fully saturated rings. The van der Waals surface area contributed by atoms with Gasteiger partial charge in [-0.2, -0.15) is 0 Å². The largest absolute Gasteiger partial charge is 0.497 e. The van der Waals surface area contributed by atoms with Gasteiger partial charge in [-0.3, -0.25) is 0 Å². The van der Waals surface area contributed by atoms with E-state index in [9.17, 15) is 0 Å². The predicted molar refractivity (Wildman–Crippen MR) is 79.4 cm³/mol. The van der Waals surface area contributed by atoms with Crippen molar-refractivity contribution in [2.45, 2.75) is 6.92 Å². The molecule has 0 saturated heterocycles. The molecule has 3 rings (SSSR count). The number of nitrogens with two attached hydrogens (primary N) is 1. The summed E-state index contributed by atoms with van der Waals surface area (Å²) in [5.74, 6) is 0.857. The molecule has 0 aliphatic heterocycles. The molecule has 0 spiro atoms. The third kappa shape index (κ3) is 2.03. The van der Waals surface area contributed by atoms with Gasteiger partial charge in [0.15, 0.2) is 0 Å². The van der Waals surface area contributed by atoms with Crippen LogP contribution in [0, 0.1) is 6.92 Å². The molecule has 1 heterocycles. The molecular formula is C16H16N2O. The van der Waals surface area contributed by atoms with Crippen LogP contribution in [0.25, 0.3) is 22.2 Å². The Morgan fingerprint density at radius 2 is 1.89 bits per heavy atom. The summed E-state index contributed by atoms with van der Waals surface area (Å²) in [6, 6.07) is 14.1. The Morgan fingerprint density at radius 1 is 1.05 bits per heavy atom. The number of ether oxygens (including phenoxy) is 1. The van der Waals surface area contributed by atoms with E-state index in [1.165, 1.54) is 5.56 Å². The molecule has 0 saturated carbocycles. The minimum Gasteiger partial charge on any atom is -0.497 e. The van der Waals surface area contributed by atoms with Crippen molar-refractivity contribution >= 4 is 16.6 Å². The summed E-state index contributed by atoms with van der Waals surface area (Å²) in [5, 5.41) is 1.12. The summed E-state index contributed by atoms with van der Waals surface area (Å²) >= 11 is 0. The number of methoxy groups -OCH3 is 1. The molecule has 0 bridgehead atoms. The van der Waals surface area contributed by atoms with Crippen LogP contribution < -0.4 is 10.5 Å². The van der Waals surface area contributed by atoms with Gasteiger partial charge in [0, 0.05) is 27.8 Å². The zero-order chi connectivity index (χ0) is 13.4. The average molecular weight is 252 g/mol. The van der Waals surface area contributed by atoms with Gasteiger partial charge in [-0.15, -0.1) is 0 Å². The second-order valence-electron chi connectivity index (χ2n) is 4.73. The van der Waals surface area contributed by atoms with Crippen LogP contribution in [-0.2, 0) is 0 Å².